The van der Waals surface area contributed by atoms with Gasteiger partial charge in [0.05, 0.1) is 5.41 Å². The molecule has 0 radical (unpaired) electrons. The third kappa shape index (κ3) is 2.23. The maximum Gasteiger partial charge on any atom is 0.230 e. The van der Waals surface area contributed by atoms with Crippen molar-refractivity contribution in [1.82, 2.24) is 9.88 Å². The standard InChI is InChI=1S/C17H23N3O/c1-3-17(2,11-18)16(21)20-9-8-15-13(10-20)12-6-4-5-7-14(12)19-15/h4-7,19H,3,8-11,18H2,1-2H3. The highest BCUT2D eigenvalue weighted by molar-refractivity contribution is 5.87. The number of rotatable bonds is 3. The van der Waals surface area contributed by atoms with E-state index in [1.165, 1.54) is 16.6 Å². The molecule has 4 heteroatoms. The number of aromatic amines is 1. The zero-order valence-electron chi connectivity index (χ0n) is 12.8. The van der Waals surface area contributed by atoms with E-state index in [0.29, 0.717) is 13.1 Å². The molecule has 1 aliphatic heterocycles. The van der Waals surface area contributed by atoms with Crippen LogP contribution < -0.4 is 5.73 Å². The summed E-state index contributed by atoms with van der Waals surface area (Å²) >= 11 is 0. The zero-order valence-corrected chi connectivity index (χ0v) is 12.8. The van der Waals surface area contributed by atoms with Crippen LogP contribution in [0.25, 0.3) is 10.9 Å². The summed E-state index contributed by atoms with van der Waals surface area (Å²) in [4.78, 5) is 18.2. The fourth-order valence-electron chi connectivity index (χ4n) is 3.10. The lowest BCUT2D eigenvalue weighted by molar-refractivity contribution is -0.141. The molecule has 2 aromatic rings. The summed E-state index contributed by atoms with van der Waals surface area (Å²) in [6.07, 6.45) is 1.67. The van der Waals surface area contributed by atoms with Gasteiger partial charge < -0.3 is 15.6 Å². The third-order valence-electron chi connectivity index (χ3n) is 4.92. The normalized spacial score (nSPS) is 17.6. The molecule has 2 heterocycles. The van der Waals surface area contributed by atoms with Gasteiger partial charge in [0.1, 0.15) is 0 Å². The minimum absolute atomic E-state index is 0.184. The molecule has 21 heavy (non-hydrogen) atoms. The second kappa shape index (κ2) is 5.19. The van der Waals surface area contributed by atoms with Crippen molar-refractivity contribution in [2.24, 2.45) is 11.1 Å². The molecule has 3 rings (SSSR count). The minimum Gasteiger partial charge on any atom is -0.358 e. The van der Waals surface area contributed by atoms with Crippen LogP contribution in [0.1, 0.15) is 31.5 Å². The molecule has 1 amide bonds. The first-order valence-electron chi connectivity index (χ1n) is 7.67. The Morgan fingerprint density at radius 3 is 2.90 bits per heavy atom. The summed E-state index contributed by atoms with van der Waals surface area (Å²) < 4.78 is 0. The molecular weight excluding hydrogens is 262 g/mol. The second-order valence-corrected chi connectivity index (χ2v) is 6.22. The molecule has 3 N–H and O–H groups in total. The molecule has 1 atom stereocenters. The van der Waals surface area contributed by atoms with Gasteiger partial charge in [-0.3, -0.25) is 4.79 Å². The average Bonchev–Trinajstić information content (AvgIpc) is 2.91. The van der Waals surface area contributed by atoms with Crippen molar-refractivity contribution >= 4 is 16.8 Å². The largest absolute Gasteiger partial charge is 0.358 e. The number of H-pyrrole nitrogens is 1. The van der Waals surface area contributed by atoms with Crippen molar-refractivity contribution in [3.05, 3.63) is 35.5 Å². The molecule has 1 aromatic heterocycles. The summed E-state index contributed by atoms with van der Waals surface area (Å²) in [5.74, 6) is 0.184. The zero-order chi connectivity index (χ0) is 15.0. The van der Waals surface area contributed by atoms with Crippen LogP contribution in [0.4, 0.5) is 0 Å². The van der Waals surface area contributed by atoms with Crippen LogP contribution in [-0.4, -0.2) is 28.9 Å². The van der Waals surface area contributed by atoms with Crippen LogP contribution in [0.2, 0.25) is 0 Å². The van der Waals surface area contributed by atoms with Gasteiger partial charge in [0.2, 0.25) is 5.91 Å². The molecule has 112 valence electrons. The Labute approximate surface area is 125 Å². The lowest BCUT2D eigenvalue weighted by atomic mass is 9.85. The van der Waals surface area contributed by atoms with Crippen LogP contribution in [0.15, 0.2) is 24.3 Å². The molecule has 4 nitrogen and oxygen atoms in total. The number of aromatic nitrogens is 1. The number of nitrogens with zero attached hydrogens (tertiary/aromatic N) is 1. The molecule has 0 spiro atoms. The number of nitrogens with two attached hydrogens (primary N) is 1. The van der Waals surface area contributed by atoms with Gasteiger partial charge in [0.15, 0.2) is 0 Å². The van der Waals surface area contributed by atoms with Crippen LogP contribution in [0.5, 0.6) is 0 Å². The predicted octanol–water partition coefficient (Wildman–Crippen LogP) is 2.43. The van der Waals surface area contributed by atoms with E-state index < -0.39 is 5.41 Å². The van der Waals surface area contributed by atoms with Crippen molar-refractivity contribution in [2.45, 2.75) is 33.2 Å². The van der Waals surface area contributed by atoms with Gasteiger partial charge in [-0.25, -0.2) is 0 Å². The Hall–Kier alpha value is -1.81. The number of hydrogen-bond donors (Lipinski definition) is 2. The molecule has 1 unspecified atom stereocenters. The van der Waals surface area contributed by atoms with E-state index in [0.717, 1.165) is 24.9 Å². The number of nitrogens with one attached hydrogen (secondary N) is 1. The second-order valence-electron chi connectivity index (χ2n) is 6.22. The number of amides is 1. The molecule has 0 bridgehead atoms. The molecule has 1 aromatic carbocycles. The van der Waals surface area contributed by atoms with Crippen LogP contribution in [-0.2, 0) is 17.8 Å². The van der Waals surface area contributed by atoms with E-state index in [1.54, 1.807) is 0 Å². The average molecular weight is 285 g/mol. The highest BCUT2D eigenvalue weighted by atomic mass is 16.2. The van der Waals surface area contributed by atoms with Gasteiger partial charge in [0.25, 0.3) is 0 Å². The molecular formula is C17H23N3O. The molecule has 0 saturated heterocycles. The van der Waals surface area contributed by atoms with Crippen molar-refractivity contribution in [2.75, 3.05) is 13.1 Å². The van der Waals surface area contributed by atoms with Gasteiger partial charge in [-0.1, -0.05) is 25.1 Å². The molecule has 0 saturated carbocycles. The lowest BCUT2D eigenvalue weighted by Gasteiger charge is -2.35. The number of benzene rings is 1. The van der Waals surface area contributed by atoms with Crippen molar-refractivity contribution in [3.8, 4) is 0 Å². The Morgan fingerprint density at radius 1 is 1.43 bits per heavy atom. The van der Waals surface area contributed by atoms with E-state index in [4.69, 9.17) is 5.73 Å². The topological polar surface area (TPSA) is 62.1 Å². The third-order valence-corrected chi connectivity index (χ3v) is 4.92. The molecule has 1 aliphatic rings. The SMILES string of the molecule is CCC(C)(CN)C(=O)N1CCc2[nH]c3ccccc3c2C1. The van der Waals surface area contributed by atoms with E-state index in [-0.39, 0.29) is 5.91 Å². The van der Waals surface area contributed by atoms with Crippen molar-refractivity contribution in [1.29, 1.82) is 0 Å². The number of hydrogen-bond acceptors (Lipinski definition) is 2. The summed E-state index contributed by atoms with van der Waals surface area (Å²) in [5, 5.41) is 1.23. The van der Waals surface area contributed by atoms with Gasteiger partial charge in [-0.15, -0.1) is 0 Å². The monoisotopic (exact) mass is 285 g/mol. The van der Waals surface area contributed by atoms with Crippen LogP contribution >= 0.6 is 0 Å². The highest BCUT2D eigenvalue weighted by Crippen LogP contribution is 2.30. The first kappa shape index (κ1) is 14.1. The summed E-state index contributed by atoms with van der Waals surface area (Å²) in [6.45, 7) is 5.87. The number of para-hydroxylation sites is 1. The fourth-order valence-corrected chi connectivity index (χ4v) is 3.10. The summed E-state index contributed by atoms with van der Waals surface area (Å²) in [7, 11) is 0. The Balaban J connectivity index is 1.92. The van der Waals surface area contributed by atoms with Crippen LogP contribution in [0, 0.1) is 5.41 Å². The number of carbonyl (C=O) groups is 1. The summed E-state index contributed by atoms with van der Waals surface area (Å²) in [6, 6.07) is 8.31. The van der Waals surface area contributed by atoms with Gasteiger partial charge in [-0.2, -0.15) is 0 Å². The Bertz CT molecular complexity index is 670. The van der Waals surface area contributed by atoms with E-state index >= 15 is 0 Å². The highest BCUT2D eigenvalue weighted by Gasteiger charge is 2.35. The van der Waals surface area contributed by atoms with Gasteiger partial charge >= 0.3 is 0 Å². The van der Waals surface area contributed by atoms with E-state index in [9.17, 15) is 4.79 Å². The smallest absolute Gasteiger partial charge is 0.230 e. The Kier molecular flexibility index (Phi) is 3.49. The summed E-state index contributed by atoms with van der Waals surface area (Å²) in [5.41, 5.74) is 9.09. The Morgan fingerprint density at radius 2 is 2.19 bits per heavy atom. The first-order valence-corrected chi connectivity index (χ1v) is 7.67. The number of carbonyl (C=O) groups excluding carboxylic acids is 1. The lowest BCUT2D eigenvalue weighted by Crippen LogP contribution is -2.47. The van der Waals surface area contributed by atoms with Crippen molar-refractivity contribution < 1.29 is 4.79 Å². The fraction of sp³-hybridized carbons (Fsp3) is 0.471. The van der Waals surface area contributed by atoms with Crippen LogP contribution in [0.3, 0.4) is 0 Å². The minimum atomic E-state index is -0.441. The first-order chi connectivity index (χ1) is 10.1. The van der Waals surface area contributed by atoms with E-state index in [1.807, 2.05) is 30.9 Å². The maximum absolute atomic E-state index is 12.8. The number of fused-ring (bicyclic) bond motifs is 3. The molecule has 0 fully saturated rings. The predicted molar refractivity (Wildman–Crippen MR) is 84.9 cm³/mol. The van der Waals surface area contributed by atoms with Gasteiger partial charge in [-0.05, 0) is 19.4 Å². The van der Waals surface area contributed by atoms with Gasteiger partial charge in [0, 0.05) is 48.2 Å². The van der Waals surface area contributed by atoms with E-state index in [2.05, 4.69) is 17.1 Å². The van der Waals surface area contributed by atoms with Crippen molar-refractivity contribution in [3.63, 3.8) is 0 Å². The molecule has 0 aliphatic carbocycles. The maximum atomic E-state index is 12.8. The quantitative estimate of drug-likeness (QED) is 0.910.